The molecule has 0 fully saturated rings. The Balaban J connectivity index is 1.32. The number of aryl methyl sites for hydroxylation is 2. The normalized spacial score (nSPS) is 11.2. The van der Waals surface area contributed by atoms with Gasteiger partial charge in [-0.3, -0.25) is 0 Å². The van der Waals surface area contributed by atoms with Gasteiger partial charge in [0.15, 0.2) is 48.5 Å². The quantitative estimate of drug-likeness (QED) is 0.0701. The molecular weight excluding hydrogens is 621 g/mol. The van der Waals surface area contributed by atoms with Crippen LogP contribution >= 0.6 is 21.6 Å². The van der Waals surface area contributed by atoms with E-state index in [0.717, 1.165) is 47.1 Å². The molecule has 0 atom stereocenters. The lowest BCUT2D eigenvalue weighted by atomic mass is 10.1. The second-order valence-electron chi connectivity index (χ2n) is 9.87. The summed E-state index contributed by atoms with van der Waals surface area (Å²) >= 11 is 0. The Morgan fingerprint density at radius 3 is 1.20 bits per heavy atom. The molecule has 0 spiro atoms. The van der Waals surface area contributed by atoms with E-state index in [1.807, 2.05) is 45.9 Å². The Kier molecular flexibility index (Phi) is 13.5. The zero-order chi connectivity index (χ0) is 32.7. The molecule has 0 unspecified atom stereocenters. The van der Waals surface area contributed by atoms with E-state index in [2.05, 4.69) is 82.2 Å². The highest BCUT2D eigenvalue weighted by Gasteiger charge is 2.14. The van der Waals surface area contributed by atoms with Crippen molar-refractivity contribution in [1.29, 1.82) is 0 Å². The number of benzene rings is 2. The van der Waals surface area contributed by atoms with E-state index in [1.165, 1.54) is 0 Å². The second kappa shape index (κ2) is 18.0. The average molecular weight is 663 g/mol. The van der Waals surface area contributed by atoms with E-state index in [1.54, 1.807) is 42.7 Å². The number of pyridine rings is 2. The van der Waals surface area contributed by atoms with Crippen molar-refractivity contribution in [2.45, 2.75) is 13.1 Å². The van der Waals surface area contributed by atoms with Crippen LogP contribution < -0.4 is 37.6 Å². The van der Waals surface area contributed by atoms with Crippen LogP contribution in [0.2, 0.25) is 0 Å². The van der Waals surface area contributed by atoms with Gasteiger partial charge in [-0.1, -0.05) is 21.6 Å². The van der Waals surface area contributed by atoms with Crippen LogP contribution in [0.5, 0.6) is 34.5 Å². The van der Waals surface area contributed by atoms with Crippen molar-refractivity contribution in [2.75, 3.05) is 54.2 Å². The molecule has 0 saturated carbocycles. The lowest BCUT2D eigenvalue weighted by molar-refractivity contribution is -0.694. The van der Waals surface area contributed by atoms with Gasteiger partial charge in [0.05, 0.1) is 54.2 Å². The maximum absolute atomic E-state index is 5.50. The van der Waals surface area contributed by atoms with Crippen molar-refractivity contribution >= 4 is 45.9 Å². The van der Waals surface area contributed by atoms with Crippen molar-refractivity contribution in [1.82, 2.24) is 0 Å². The molecule has 242 valence electrons. The van der Waals surface area contributed by atoms with E-state index in [-0.39, 0.29) is 0 Å². The molecular formula is C36H42N2O6S2+2. The number of aromatic nitrogens is 2. The van der Waals surface area contributed by atoms with E-state index < -0.39 is 0 Å². The number of methoxy groups -OCH3 is 6. The Morgan fingerprint density at radius 2 is 0.870 bits per heavy atom. The molecule has 8 nitrogen and oxygen atoms in total. The van der Waals surface area contributed by atoms with Crippen LogP contribution in [-0.4, -0.2) is 54.2 Å². The molecule has 46 heavy (non-hydrogen) atoms. The molecule has 0 radical (unpaired) electrons. The minimum absolute atomic E-state index is 0.584. The molecule has 2 aromatic heterocycles. The maximum atomic E-state index is 5.50. The predicted molar refractivity (Wildman–Crippen MR) is 188 cm³/mol. The summed E-state index contributed by atoms with van der Waals surface area (Å²) in [6, 6.07) is 20.2. The van der Waals surface area contributed by atoms with Gasteiger partial charge in [0.1, 0.15) is 0 Å². The van der Waals surface area contributed by atoms with Gasteiger partial charge in [0, 0.05) is 36.4 Å². The highest BCUT2D eigenvalue weighted by atomic mass is 33.1. The Hall–Kier alpha value is -4.28. The van der Waals surface area contributed by atoms with Gasteiger partial charge in [-0.2, -0.15) is 9.13 Å². The van der Waals surface area contributed by atoms with Crippen molar-refractivity contribution in [3.63, 3.8) is 0 Å². The monoisotopic (exact) mass is 662 g/mol. The summed E-state index contributed by atoms with van der Waals surface area (Å²) in [4.78, 5) is 0. The summed E-state index contributed by atoms with van der Waals surface area (Å²) in [5.41, 5.74) is 4.16. The third kappa shape index (κ3) is 9.14. The third-order valence-corrected chi connectivity index (χ3v) is 9.50. The minimum atomic E-state index is 0.584. The summed E-state index contributed by atoms with van der Waals surface area (Å²) < 4.78 is 37.4. The maximum Gasteiger partial charge on any atom is 0.205 e. The first kappa shape index (κ1) is 34.6. The van der Waals surface area contributed by atoms with Crippen LogP contribution in [0.4, 0.5) is 0 Å². The molecule has 0 N–H and O–H groups in total. The standard InChI is InChI=1S/C36H42N2O6S2/c1-39-31-23-27(24-32(40-2)35(31)43-5)13-15-29-11-7-9-17-37(29)19-21-45-46-22-20-38-18-10-8-12-30(38)16-14-28-25-33(41-3)36(44-6)34(26-28)42-4/h7-18,23-26H,19-22H2,1-6H3/q+2/b15-13+,16-14+. The van der Waals surface area contributed by atoms with E-state index in [4.69, 9.17) is 28.4 Å². The van der Waals surface area contributed by atoms with Crippen LogP contribution in [0.15, 0.2) is 73.1 Å². The first-order valence-electron chi connectivity index (χ1n) is 14.7. The van der Waals surface area contributed by atoms with Gasteiger partial charge in [0.2, 0.25) is 22.9 Å². The highest BCUT2D eigenvalue weighted by Crippen LogP contribution is 2.39. The van der Waals surface area contributed by atoms with Crippen molar-refractivity contribution in [3.05, 3.63) is 95.6 Å². The van der Waals surface area contributed by atoms with Crippen LogP contribution in [0.25, 0.3) is 24.3 Å². The minimum Gasteiger partial charge on any atom is -0.493 e. The molecule has 2 aromatic carbocycles. The molecule has 2 heterocycles. The largest absolute Gasteiger partial charge is 0.493 e. The fourth-order valence-electron chi connectivity index (χ4n) is 4.84. The molecule has 0 amide bonds. The molecule has 0 bridgehead atoms. The molecule has 4 rings (SSSR count). The molecule has 10 heteroatoms. The van der Waals surface area contributed by atoms with E-state index >= 15 is 0 Å². The average Bonchev–Trinajstić information content (AvgIpc) is 3.10. The lowest BCUT2D eigenvalue weighted by Crippen LogP contribution is -2.38. The number of nitrogens with zero attached hydrogens (tertiary/aromatic N) is 2. The number of hydrogen-bond acceptors (Lipinski definition) is 8. The first-order valence-corrected chi connectivity index (χ1v) is 17.2. The SMILES string of the molecule is COc1cc(/C=C/c2cccc[n+]2CCSSCC[n+]2ccccc2/C=C/c2cc(OC)c(OC)c(OC)c2)cc(OC)c1OC. The molecule has 4 aromatic rings. The number of hydrogen-bond donors (Lipinski definition) is 0. The Bertz CT molecular complexity index is 1470. The zero-order valence-electron chi connectivity index (χ0n) is 27.2. The molecule has 0 aliphatic heterocycles. The smallest absolute Gasteiger partial charge is 0.205 e. The molecule has 0 saturated heterocycles. The van der Waals surface area contributed by atoms with Gasteiger partial charge < -0.3 is 28.4 Å². The summed E-state index contributed by atoms with van der Waals surface area (Å²) in [6.45, 7) is 1.80. The fraction of sp³-hybridized carbons (Fsp3) is 0.278. The van der Waals surface area contributed by atoms with Crippen molar-refractivity contribution in [3.8, 4) is 34.5 Å². The highest BCUT2D eigenvalue weighted by molar-refractivity contribution is 8.76. The van der Waals surface area contributed by atoms with E-state index in [9.17, 15) is 0 Å². The van der Waals surface area contributed by atoms with Gasteiger partial charge in [0.25, 0.3) is 0 Å². The summed E-state index contributed by atoms with van der Waals surface area (Å²) in [5, 5.41) is 0. The number of ether oxygens (including phenoxy) is 6. The first-order chi connectivity index (χ1) is 22.5. The van der Waals surface area contributed by atoms with Crippen LogP contribution in [0.1, 0.15) is 22.5 Å². The summed E-state index contributed by atoms with van der Waals surface area (Å²) in [7, 11) is 13.5. The van der Waals surface area contributed by atoms with Crippen LogP contribution in [0, 0.1) is 0 Å². The third-order valence-electron chi connectivity index (χ3n) is 7.13. The van der Waals surface area contributed by atoms with Gasteiger partial charge >= 0.3 is 0 Å². The van der Waals surface area contributed by atoms with Gasteiger partial charge in [-0.25, -0.2) is 0 Å². The van der Waals surface area contributed by atoms with Crippen LogP contribution in [0.3, 0.4) is 0 Å². The van der Waals surface area contributed by atoms with Crippen molar-refractivity contribution in [2.24, 2.45) is 0 Å². The Morgan fingerprint density at radius 1 is 0.500 bits per heavy atom. The predicted octanol–water partition coefficient (Wildman–Crippen LogP) is 6.74. The summed E-state index contributed by atoms with van der Waals surface area (Å²) in [6.07, 6.45) is 12.6. The summed E-state index contributed by atoms with van der Waals surface area (Å²) in [5.74, 6) is 5.66. The van der Waals surface area contributed by atoms with E-state index in [0.29, 0.717) is 34.5 Å². The van der Waals surface area contributed by atoms with Gasteiger partial charge in [-0.15, -0.1) is 0 Å². The second-order valence-corrected chi connectivity index (χ2v) is 12.6. The van der Waals surface area contributed by atoms with Crippen molar-refractivity contribution < 1.29 is 37.6 Å². The Labute approximate surface area is 280 Å². The lowest BCUT2D eigenvalue weighted by Gasteiger charge is -2.12. The molecule has 0 aliphatic rings. The fourth-order valence-corrected chi connectivity index (χ4v) is 6.77. The molecule has 0 aliphatic carbocycles. The zero-order valence-corrected chi connectivity index (χ0v) is 28.9. The van der Waals surface area contributed by atoms with Crippen LogP contribution in [-0.2, 0) is 13.1 Å². The number of rotatable bonds is 17. The van der Waals surface area contributed by atoms with Gasteiger partial charge in [-0.05, 0) is 59.7 Å². The topological polar surface area (TPSA) is 63.1 Å².